The van der Waals surface area contributed by atoms with Crippen LogP contribution < -0.4 is 0 Å². The van der Waals surface area contributed by atoms with Crippen molar-refractivity contribution in [3.8, 4) is 11.4 Å². The minimum absolute atomic E-state index is 0.252. The smallest absolute Gasteiger partial charge is 0.267 e. The van der Waals surface area contributed by atoms with Crippen LogP contribution in [0.3, 0.4) is 0 Å². The largest absolute Gasteiger partial charge is 0.276 e. The fourth-order valence-corrected chi connectivity index (χ4v) is 3.37. The van der Waals surface area contributed by atoms with Gasteiger partial charge in [0.15, 0.2) is 0 Å². The number of carbonyl (C=O) groups excluding carboxylic acids is 1. The molecule has 0 radical (unpaired) electrons. The molecular weight excluding hydrogens is 451 g/mol. The Morgan fingerprint density at radius 1 is 1.11 bits per heavy atom. The number of aromatic nitrogens is 3. The number of halogens is 3. The number of hydrogen-bond acceptors (Lipinski definition) is 4. The number of aliphatic imine (C=N–C) groups is 1. The van der Waals surface area contributed by atoms with E-state index in [9.17, 15) is 4.79 Å². The van der Waals surface area contributed by atoms with Gasteiger partial charge in [-0.3, -0.25) is 19.7 Å². The van der Waals surface area contributed by atoms with E-state index in [1.54, 1.807) is 55.1 Å². The van der Waals surface area contributed by atoms with Crippen molar-refractivity contribution in [2.75, 3.05) is 0 Å². The number of nitrogens with zero attached hydrogens (tertiary/aromatic N) is 4. The summed E-state index contributed by atoms with van der Waals surface area (Å²) in [5.74, 6) is -0.641. The van der Waals surface area contributed by atoms with Crippen LogP contribution in [0.5, 0.6) is 0 Å². The molecule has 3 rings (SSSR count). The summed E-state index contributed by atoms with van der Waals surface area (Å²) in [5, 5.41) is 0.998. The summed E-state index contributed by atoms with van der Waals surface area (Å²) in [6, 6.07) is 8.45. The zero-order chi connectivity index (χ0) is 19.4. The molecule has 0 N–H and O–H groups in total. The van der Waals surface area contributed by atoms with Crippen LogP contribution in [0, 0.1) is 0 Å². The van der Waals surface area contributed by atoms with Crippen LogP contribution in [-0.4, -0.2) is 27.1 Å². The molecule has 3 aromatic rings. The number of hydrogen-bond donors (Lipinski definition) is 0. The molecule has 1 atom stereocenters. The minimum atomic E-state index is -0.389. The number of rotatable bonds is 4. The number of pyridine rings is 1. The molecule has 136 valence electrons. The zero-order valence-electron chi connectivity index (χ0n) is 14.1. The second kappa shape index (κ2) is 8.69. The molecule has 1 aromatic carbocycles. The van der Waals surface area contributed by atoms with Crippen LogP contribution in [0.4, 0.5) is 0 Å². The maximum Gasteiger partial charge on any atom is 0.276 e. The maximum atomic E-state index is 12.3. The lowest BCUT2D eigenvalue weighted by Crippen LogP contribution is -2.05. The van der Waals surface area contributed by atoms with E-state index in [0.717, 1.165) is 0 Å². The van der Waals surface area contributed by atoms with E-state index in [4.69, 9.17) is 23.2 Å². The monoisotopic (exact) mass is 462 g/mol. The predicted molar refractivity (Wildman–Crippen MR) is 111 cm³/mol. The third-order valence-corrected chi connectivity index (χ3v) is 4.55. The minimum Gasteiger partial charge on any atom is -0.267 e. The Bertz CT molecular complexity index is 989. The van der Waals surface area contributed by atoms with Gasteiger partial charge in [0.1, 0.15) is 5.69 Å². The Hall–Kier alpha value is -2.15. The van der Waals surface area contributed by atoms with Crippen molar-refractivity contribution in [3.63, 3.8) is 0 Å². The van der Waals surface area contributed by atoms with Gasteiger partial charge in [-0.25, -0.2) is 4.99 Å². The van der Waals surface area contributed by atoms with Gasteiger partial charge in [0.25, 0.3) is 5.91 Å². The molecule has 0 aliphatic rings. The topological polar surface area (TPSA) is 68.1 Å². The highest BCUT2D eigenvalue weighted by Crippen LogP contribution is 2.24. The van der Waals surface area contributed by atoms with Crippen LogP contribution in [0.15, 0.2) is 58.4 Å². The Morgan fingerprint density at radius 3 is 2.59 bits per heavy atom. The molecule has 27 heavy (non-hydrogen) atoms. The van der Waals surface area contributed by atoms with Crippen molar-refractivity contribution in [1.82, 2.24) is 15.0 Å². The summed E-state index contributed by atoms with van der Waals surface area (Å²) in [4.78, 5) is 29.4. The van der Waals surface area contributed by atoms with Gasteiger partial charge >= 0.3 is 0 Å². The van der Waals surface area contributed by atoms with Crippen molar-refractivity contribution in [1.29, 1.82) is 0 Å². The van der Waals surface area contributed by atoms with Crippen molar-refractivity contribution >= 4 is 51.3 Å². The quantitative estimate of drug-likeness (QED) is 0.470. The molecular formula is C19H13BrCl2N4O. The molecule has 0 bridgehead atoms. The van der Waals surface area contributed by atoms with Crippen LogP contribution in [0.25, 0.3) is 11.4 Å². The standard InChI is InChI=1S/C19H13BrCl2N4O/c1-11(9-26-19(27)12-6-13(20)8-15(22)7-12)17-18(24-5-4-23-17)16-3-2-14(21)10-25-16/h2-11H,1H3. The zero-order valence-corrected chi connectivity index (χ0v) is 17.2. The highest BCUT2D eigenvalue weighted by atomic mass is 79.9. The molecule has 2 aromatic heterocycles. The van der Waals surface area contributed by atoms with Gasteiger partial charge in [-0.05, 0) is 30.3 Å². The first kappa shape index (κ1) is 19.6. The summed E-state index contributed by atoms with van der Waals surface area (Å²) in [7, 11) is 0. The molecule has 1 amide bonds. The molecule has 0 aliphatic carbocycles. The lowest BCUT2D eigenvalue weighted by molar-refractivity contribution is 0.100. The van der Waals surface area contributed by atoms with E-state index in [-0.39, 0.29) is 11.8 Å². The average molecular weight is 464 g/mol. The van der Waals surface area contributed by atoms with Crippen LogP contribution in [0.2, 0.25) is 10.0 Å². The van der Waals surface area contributed by atoms with Crippen LogP contribution in [0.1, 0.15) is 28.9 Å². The fourth-order valence-electron chi connectivity index (χ4n) is 2.40. The molecule has 5 nitrogen and oxygen atoms in total. The molecule has 0 spiro atoms. The summed E-state index contributed by atoms with van der Waals surface area (Å²) >= 11 is 15.2. The van der Waals surface area contributed by atoms with Crippen LogP contribution in [-0.2, 0) is 0 Å². The molecule has 0 fully saturated rings. The van der Waals surface area contributed by atoms with Crippen molar-refractivity contribution in [2.24, 2.45) is 4.99 Å². The first-order chi connectivity index (χ1) is 12.9. The number of benzene rings is 1. The summed E-state index contributed by atoms with van der Waals surface area (Å²) in [6.45, 7) is 1.88. The lowest BCUT2D eigenvalue weighted by atomic mass is 10.0. The Kier molecular flexibility index (Phi) is 6.31. The van der Waals surface area contributed by atoms with Gasteiger partial charge in [-0.15, -0.1) is 0 Å². The van der Waals surface area contributed by atoms with Gasteiger partial charge in [0, 0.05) is 45.8 Å². The highest BCUT2D eigenvalue weighted by molar-refractivity contribution is 9.10. The Labute approximate surface area is 174 Å². The van der Waals surface area contributed by atoms with Crippen molar-refractivity contribution in [2.45, 2.75) is 12.8 Å². The summed E-state index contributed by atoms with van der Waals surface area (Å²) in [6.07, 6.45) is 6.28. The van der Waals surface area contributed by atoms with Gasteiger partial charge in [-0.1, -0.05) is 46.1 Å². The summed E-state index contributed by atoms with van der Waals surface area (Å²) < 4.78 is 0.714. The summed E-state index contributed by atoms with van der Waals surface area (Å²) in [5.41, 5.74) is 2.33. The van der Waals surface area contributed by atoms with E-state index in [1.165, 1.54) is 0 Å². The molecule has 1 unspecified atom stereocenters. The fraction of sp³-hybridized carbons (Fsp3) is 0.105. The second-order valence-corrected chi connectivity index (χ2v) is 7.47. The molecule has 2 heterocycles. The van der Waals surface area contributed by atoms with E-state index in [0.29, 0.717) is 37.2 Å². The Morgan fingerprint density at radius 2 is 1.89 bits per heavy atom. The molecule has 0 saturated carbocycles. The van der Waals surface area contributed by atoms with Crippen molar-refractivity contribution in [3.05, 3.63) is 74.7 Å². The van der Waals surface area contributed by atoms with E-state index in [2.05, 4.69) is 35.9 Å². The molecule has 0 saturated heterocycles. The average Bonchev–Trinajstić information content (AvgIpc) is 2.65. The Balaban J connectivity index is 1.86. The first-order valence-electron chi connectivity index (χ1n) is 7.91. The van der Waals surface area contributed by atoms with Gasteiger partial charge in [-0.2, -0.15) is 0 Å². The van der Waals surface area contributed by atoms with Crippen molar-refractivity contribution < 1.29 is 4.79 Å². The highest BCUT2D eigenvalue weighted by Gasteiger charge is 2.15. The predicted octanol–water partition coefficient (Wildman–Crippen LogP) is 5.62. The number of carbonyl (C=O) groups is 1. The first-order valence-corrected chi connectivity index (χ1v) is 9.46. The van der Waals surface area contributed by atoms with Gasteiger partial charge < -0.3 is 0 Å². The maximum absolute atomic E-state index is 12.3. The molecule has 8 heteroatoms. The van der Waals surface area contributed by atoms with E-state index in [1.807, 2.05) is 6.92 Å². The third kappa shape index (κ3) is 4.97. The normalized spacial score (nSPS) is 12.3. The van der Waals surface area contributed by atoms with Crippen LogP contribution >= 0.6 is 39.1 Å². The second-order valence-electron chi connectivity index (χ2n) is 5.68. The van der Waals surface area contributed by atoms with E-state index < -0.39 is 0 Å². The van der Waals surface area contributed by atoms with Gasteiger partial charge in [0.05, 0.1) is 16.4 Å². The van der Waals surface area contributed by atoms with E-state index >= 15 is 0 Å². The van der Waals surface area contributed by atoms with Gasteiger partial charge in [0.2, 0.25) is 0 Å². The number of amides is 1. The molecule has 0 aliphatic heterocycles. The lowest BCUT2D eigenvalue weighted by Gasteiger charge is -2.10. The third-order valence-electron chi connectivity index (χ3n) is 3.65. The SMILES string of the molecule is CC(C=NC(=O)c1cc(Cl)cc(Br)c1)c1nccnc1-c1ccc(Cl)cn1.